The molecule has 4 aromatic carbocycles. The Balaban J connectivity index is 0.849. The standard InChI is InChI=1S/C48H46N6O5/c1-31-20-40-41(49-27-39-14-7-8-19-54(39)48(40)58)26-45(31)59-30-34-11-9-10-33(21-34)23-46(56)50-38-25-42(53(3)29-38)44(55)22-32-15-17-35(18-16-32)36-24-43(52(2)28-36)47(57)51-37-12-5-4-6-13-37/h4-6,9-13,15-18,20-21,24-29,39H,7-8,14,19,22-23,30H2,1-3H3,(H,50,56)(H,51,57)/t39-/m0/s1. The van der Waals surface area contributed by atoms with E-state index in [0.717, 1.165) is 64.9 Å². The summed E-state index contributed by atoms with van der Waals surface area (Å²) in [6.45, 7) is 2.97. The van der Waals surface area contributed by atoms with Crippen LogP contribution in [0.15, 0.2) is 121 Å². The highest BCUT2D eigenvalue weighted by atomic mass is 16.5. The Bertz CT molecular complexity index is 2590. The first-order valence-electron chi connectivity index (χ1n) is 19.9. The number of nitrogens with one attached hydrogen (secondary N) is 2. The van der Waals surface area contributed by atoms with Crippen LogP contribution in [0, 0.1) is 6.92 Å². The molecule has 6 aromatic rings. The second-order valence-electron chi connectivity index (χ2n) is 15.4. The number of anilines is 2. The van der Waals surface area contributed by atoms with Crippen molar-refractivity contribution in [1.29, 1.82) is 0 Å². The molecule has 11 nitrogen and oxygen atoms in total. The van der Waals surface area contributed by atoms with Crippen LogP contribution >= 0.6 is 0 Å². The molecule has 4 heterocycles. The molecule has 1 atom stereocenters. The van der Waals surface area contributed by atoms with E-state index in [1.165, 1.54) is 0 Å². The summed E-state index contributed by atoms with van der Waals surface area (Å²) in [5, 5.41) is 5.87. The number of fused-ring (bicyclic) bond motifs is 2. The Labute approximate surface area is 343 Å². The van der Waals surface area contributed by atoms with Crippen LogP contribution in [-0.2, 0) is 38.3 Å². The third kappa shape index (κ3) is 8.79. The minimum atomic E-state index is -0.203. The minimum Gasteiger partial charge on any atom is -0.489 e. The van der Waals surface area contributed by atoms with Gasteiger partial charge >= 0.3 is 0 Å². The van der Waals surface area contributed by atoms with Gasteiger partial charge in [0.25, 0.3) is 11.8 Å². The fourth-order valence-electron chi connectivity index (χ4n) is 7.84. The van der Waals surface area contributed by atoms with Crippen LogP contribution in [0.3, 0.4) is 0 Å². The highest BCUT2D eigenvalue weighted by Crippen LogP contribution is 2.34. The van der Waals surface area contributed by atoms with Gasteiger partial charge in [-0.3, -0.25) is 24.2 Å². The first-order valence-corrected chi connectivity index (χ1v) is 19.9. The van der Waals surface area contributed by atoms with E-state index in [1.807, 2.05) is 128 Å². The number of Topliss-reactive ketones (excluding diaryl/α,β-unsaturated/α-hetero) is 1. The Morgan fingerprint density at radius 3 is 2.34 bits per heavy atom. The molecule has 0 bridgehead atoms. The van der Waals surface area contributed by atoms with Crippen LogP contribution in [0.1, 0.15) is 72.9 Å². The van der Waals surface area contributed by atoms with Crippen LogP contribution in [0.2, 0.25) is 0 Å². The zero-order chi connectivity index (χ0) is 41.0. The van der Waals surface area contributed by atoms with Crippen molar-refractivity contribution in [2.45, 2.75) is 51.7 Å². The van der Waals surface area contributed by atoms with Crippen molar-refractivity contribution in [2.24, 2.45) is 19.1 Å². The normalized spacial score (nSPS) is 14.6. The van der Waals surface area contributed by atoms with Gasteiger partial charge in [-0.05, 0) is 84.3 Å². The zero-order valence-electron chi connectivity index (χ0n) is 33.4. The number of aliphatic imine (C=N–C) groups is 1. The lowest BCUT2D eigenvalue weighted by atomic mass is 10.0. The van der Waals surface area contributed by atoms with Gasteiger partial charge in [0, 0.05) is 63.0 Å². The summed E-state index contributed by atoms with van der Waals surface area (Å²) in [6.07, 6.45) is 8.91. The summed E-state index contributed by atoms with van der Waals surface area (Å²) in [5.41, 5.74) is 8.80. The number of benzene rings is 4. The fraction of sp³-hybridized carbons (Fsp3) is 0.229. The summed E-state index contributed by atoms with van der Waals surface area (Å²) in [7, 11) is 3.63. The predicted octanol–water partition coefficient (Wildman–Crippen LogP) is 8.49. The van der Waals surface area contributed by atoms with Gasteiger partial charge < -0.3 is 29.4 Å². The SMILES string of the molecule is Cc1cc2c(cc1OCc1cccc(CC(=O)Nc3cc(C(=O)Cc4ccc(-c5cc(C(=O)Nc6ccccc6)n(C)c5)cc4)n(C)c3)c1)N=C[C@@H]1CCCCN1C2=O. The summed E-state index contributed by atoms with van der Waals surface area (Å²) in [5.74, 6) is 0.212. The number of amides is 3. The molecular formula is C48H46N6O5. The lowest BCUT2D eigenvalue weighted by Crippen LogP contribution is -2.43. The number of piperidine rings is 1. The highest BCUT2D eigenvalue weighted by molar-refractivity contribution is 6.04. The number of carbonyl (C=O) groups excluding carboxylic acids is 4. The van der Waals surface area contributed by atoms with Gasteiger partial charge in [-0.25, -0.2) is 0 Å². The molecule has 3 amide bonds. The quantitative estimate of drug-likeness (QED) is 0.120. The van der Waals surface area contributed by atoms with Crippen molar-refractivity contribution in [3.63, 3.8) is 0 Å². The maximum atomic E-state index is 13.4. The van der Waals surface area contributed by atoms with Crippen LogP contribution in [0.25, 0.3) is 11.1 Å². The molecule has 298 valence electrons. The number of nitrogens with zero attached hydrogens (tertiary/aromatic N) is 4. The van der Waals surface area contributed by atoms with Gasteiger partial charge in [0.05, 0.1) is 35.1 Å². The van der Waals surface area contributed by atoms with Gasteiger partial charge in [0.2, 0.25) is 5.91 Å². The Morgan fingerprint density at radius 1 is 0.746 bits per heavy atom. The first-order chi connectivity index (χ1) is 28.6. The van der Waals surface area contributed by atoms with Gasteiger partial charge in [0.1, 0.15) is 18.1 Å². The highest BCUT2D eigenvalue weighted by Gasteiger charge is 2.30. The Kier molecular flexibility index (Phi) is 11.1. The molecule has 0 radical (unpaired) electrons. The van der Waals surface area contributed by atoms with Crippen molar-refractivity contribution in [1.82, 2.24) is 14.0 Å². The molecule has 59 heavy (non-hydrogen) atoms. The maximum Gasteiger partial charge on any atom is 0.272 e. The lowest BCUT2D eigenvalue weighted by molar-refractivity contribution is -0.115. The number of ketones is 1. The van der Waals surface area contributed by atoms with Crippen LogP contribution < -0.4 is 15.4 Å². The monoisotopic (exact) mass is 786 g/mol. The summed E-state index contributed by atoms with van der Waals surface area (Å²) in [4.78, 5) is 59.4. The van der Waals surface area contributed by atoms with Crippen LogP contribution in [0.5, 0.6) is 5.75 Å². The average Bonchev–Trinajstić information content (AvgIpc) is 3.77. The third-order valence-electron chi connectivity index (χ3n) is 11.0. The lowest BCUT2D eigenvalue weighted by Gasteiger charge is -2.32. The van der Waals surface area contributed by atoms with Crippen molar-refractivity contribution in [3.8, 4) is 16.9 Å². The Hall–Kier alpha value is -7.01. The molecule has 0 spiro atoms. The van der Waals surface area contributed by atoms with Gasteiger partial charge in [-0.15, -0.1) is 0 Å². The molecule has 2 aliphatic rings. The van der Waals surface area contributed by atoms with E-state index >= 15 is 0 Å². The largest absolute Gasteiger partial charge is 0.489 e. The summed E-state index contributed by atoms with van der Waals surface area (Å²) >= 11 is 0. The molecule has 2 aliphatic heterocycles. The van der Waals surface area contributed by atoms with Crippen molar-refractivity contribution in [3.05, 3.63) is 155 Å². The number of aryl methyl sites for hydroxylation is 3. The summed E-state index contributed by atoms with van der Waals surface area (Å²) in [6, 6.07) is 32.1. The van der Waals surface area contributed by atoms with E-state index in [9.17, 15) is 19.2 Å². The summed E-state index contributed by atoms with van der Waals surface area (Å²) < 4.78 is 9.76. The van der Waals surface area contributed by atoms with Crippen LogP contribution in [0.4, 0.5) is 17.1 Å². The van der Waals surface area contributed by atoms with Gasteiger partial charge in [-0.2, -0.15) is 0 Å². The van der Waals surface area contributed by atoms with E-state index < -0.39 is 0 Å². The van der Waals surface area contributed by atoms with E-state index in [0.29, 0.717) is 34.1 Å². The molecule has 8 rings (SSSR count). The number of rotatable bonds is 12. The van der Waals surface area contributed by atoms with Gasteiger partial charge in [0.15, 0.2) is 5.78 Å². The topological polar surface area (TPSA) is 127 Å². The molecule has 1 saturated heterocycles. The van der Waals surface area contributed by atoms with Crippen LogP contribution in [-0.4, -0.2) is 56.3 Å². The number of hydrogen-bond donors (Lipinski definition) is 2. The minimum absolute atomic E-state index is 0.0237. The Morgan fingerprint density at radius 2 is 1.53 bits per heavy atom. The number of carbonyl (C=O) groups is 4. The average molecular weight is 787 g/mol. The molecule has 2 aromatic heterocycles. The molecule has 0 aliphatic carbocycles. The smallest absolute Gasteiger partial charge is 0.272 e. The zero-order valence-corrected chi connectivity index (χ0v) is 33.4. The second-order valence-corrected chi connectivity index (χ2v) is 15.4. The second kappa shape index (κ2) is 16.8. The van der Waals surface area contributed by atoms with Crippen molar-refractivity contribution < 1.29 is 23.9 Å². The van der Waals surface area contributed by atoms with Gasteiger partial charge in [-0.1, -0.05) is 66.7 Å². The predicted molar refractivity (Wildman–Crippen MR) is 230 cm³/mol. The molecule has 0 saturated carbocycles. The van der Waals surface area contributed by atoms with E-state index in [2.05, 4.69) is 15.6 Å². The third-order valence-corrected chi connectivity index (χ3v) is 11.0. The number of aromatic nitrogens is 2. The molecular weight excluding hydrogens is 741 g/mol. The molecule has 2 N–H and O–H groups in total. The number of ether oxygens (including phenoxy) is 1. The molecule has 0 unspecified atom stereocenters. The van der Waals surface area contributed by atoms with E-state index in [4.69, 9.17) is 4.74 Å². The van der Waals surface area contributed by atoms with E-state index in [1.54, 1.807) is 28.4 Å². The van der Waals surface area contributed by atoms with Crippen molar-refractivity contribution >= 4 is 46.8 Å². The molecule has 1 fully saturated rings. The first kappa shape index (κ1) is 38.8. The molecule has 11 heteroatoms. The maximum absolute atomic E-state index is 13.4. The fourth-order valence-corrected chi connectivity index (χ4v) is 7.84. The number of hydrogen-bond acceptors (Lipinski definition) is 6. The van der Waals surface area contributed by atoms with E-state index in [-0.39, 0.29) is 49.0 Å². The van der Waals surface area contributed by atoms with Crippen molar-refractivity contribution in [2.75, 3.05) is 17.2 Å². The number of para-hydroxylation sites is 1.